The molecule has 66 valence electrons. The van der Waals surface area contributed by atoms with E-state index in [9.17, 15) is 0 Å². The van der Waals surface area contributed by atoms with E-state index in [2.05, 4.69) is 10.1 Å². The second kappa shape index (κ2) is 4.01. The minimum atomic E-state index is 0.389. The number of hydrogen-bond donors (Lipinski definition) is 0. The average Bonchev–Trinajstić information content (AvgIpc) is 2.52. The molecule has 1 aromatic rings. The lowest BCUT2D eigenvalue weighted by Crippen LogP contribution is -1.89. The maximum Gasteiger partial charge on any atom is 0.253 e. The molecule has 0 fully saturated rings. The molecule has 0 bridgehead atoms. The van der Waals surface area contributed by atoms with E-state index >= 15 is 0 Å². The van der Waals surface area contributed by atoms with Crippen LogP contribution in [0.25, 0.3) is 5.57 Å². The van der Waals surface area contributed by atoms with E-state index in [0.717, 1.165) is 5.57 Å². The summed E-state index contributed by atoms with van der Waals surface area (Å²) in [6.07, 6.45) is 1.92. The molecule has 0 amide bonds. The van der Waals surface area contributed by atoms with Gasteiger partial charge in [0.05, 0.1) is 0 Å². The van der Waals surface area contributed by atoms with Crippen LogP contribution < -0.4 is 0 Å². The summed E-state index contributed by atoms with van der Waals surface area (Å²) < 4.78 is 9.81. The monoisotopic (exact) mass is 168 g/mol. The molecule has 0 aliphatic heterocycles. The summed E-state index contributed by atoms with van der Waals surface area (Å²) in [6.45, 7) is 4.24. The summed E-state index contributed by atoms with van der Waals surface area (Å²) in [5.74, 6) is 1.14. The topological polar surface area (TPSA) is 48.2 Å². The van der Waals surface area contributed by atoms with E-state index in [1.165, 1.54) is 0 Å². The number of ether oxygens (including phenoxy) is 1. The zero-order valence-corrected chi connectivity index (χ0v) is 7.50. The molecule has 0 atom stereocenters. The summed E-state index contributed by atoms with van der Waals surface area (Å²) in [7, 11) is 1.60. The van der Waals surface area contributed by atoms with Gasteiger partial charge in [0.25, 0.3) is 5.89 Å². The Hall–Kier alpha value is -1.16. The highest BCUT2D eigenvalue weighted by molar-refractivity contribution is 5.54. The smallest absolute Gasteiger partial charge is 0.253 e. The van der Waals surface area contributed by atoms with Gasteiger partial charge < -0.3 is 9.26 Å². The van der Waals surface area contributed by atoms with Gasteiger partial charge in [0.1, 0.15) is 6.61 Å². The zero-order valence-electron chi connectivity index (χ0n) is 7.50. The Labute approximate surface area is 71.2 Å². The lowest BCUT2D eigenvalue weighted by molar-refractivity contribution is 0.174. The Balaban J connectivity index is 2.77. The van der Waals surface area contributed by atoms with Crippen LogP contribution in [0.2, 0.25) is 0 Å². The van der Waals surface area contributed by atoms with Crippen LogP contribution in [0.5, 0.6) is 0 Å². The molecule has 0 saturated carbocycles. The third-order valence-electron chi connectivity index (χ3n) is 1.51. The molecule has 1 aromatic heterocycles. The molecule has 0 aliphatic rings. The molecule has 12 heavy (non-hydrogen) atoms. The third kappa shape index (κ3) is 1.92. The molecule has 1 rings (SSSR count). The van der Waals surface area contributed by atoms with Crippen LogP contribution in [-0.4, -0.2) is 17.3 Å². The van der Waals surface area contributed by atoms with Gasteiger partial charge in [-0.05, 0) is 13.8 Å². The van der Waals surface area contributed by atoms with Gasteiger partial charge in [0.2, 0.25) is 0 Å². The van der Waals surface area contributed by atoms with Crippen LogP contribution in [0.4, 0.5) is 0 Å². The van der Waals surface area contributed by atoms with Crippen molar-refractivity contribution in [3.8, 4) is 0 Å². The predicted octanol–water partition coefficient (Wildman–Crippen LogP) is 1.64. The van der Waals surface area contributed by atoms with Crippen molar-refractivity contribution in [3.05, 3.63) is 17.8 Å². The largest absolute Gasteiger partial charge is 0.377 e. The number of methoxy groups -OCH3 is 1. The van der Waals surface area contributed by atoms with E-state index < -0.39 is 0 Å². The molecule has 0 N–H and O–H groups in total. The van der Waals surface area contributed by atoms with E-state index in [1.807, 2.05) is 19.9 Å². The SMILES string of the molecule is C/C=C(\C)c1nc(COC)no1. The maximum atomic E-state index is 4.96. The first-order valence-electron chi connectivity index (χ1n) is 3.72. The number of hydrogen-bond acceptors (Lipinski definition) is 4. The molecule has 0 aromatic carbocycles. The van der Waals surface area contributed by atoms with Gasteiger partial charge in [0.15, 0.2) is 5.82 Å². The second-order valence-corrected chi connectivity index (χ2v) is 2.42. The van der Waals surface area contributed by atoms with Crippen molar-refractivity contribution in [2.75, 3.05) is 7.11 Å². The Morgan fingerprint density at radius 1 is 1.67 bits per heavy atom. The molecule has 0 radical (unpaired) electrons. The molecule has 4 heteroatoms. The van der Waals surface area contributed by atoms with Gasteiger partial charge >= 0.3 is 0 Å². The van der Waals surface area contributed by atoms with Crippen LogP contribution in [0, 0.1) is 0 Å². The molecular formula is C8H12N2O2. The first-order valence-corrected chi connectivity index (χ1v) is 3.72. The molecular weight excluding hydrogens is 156 g/mol. The summed E-state index contributed by atoms with van der Waals surface area (Å²) in [5.41, 5.74) is 0.977. The van der Waals surface area contributed by atoms with Gasteiger partial charge in [-0.15, -0.1) is 0 Å². The van der Waals surface area contributed by atoms with Crippen molar-refractivity contribution in [2.45, 2.75) is 20.5 Å². The average molecular weight is 168 g/mol. The number of allylic oxidation sites excluding steroid dienone is 2. The standard InChI is InChI=1S/C8H12N2O2/c1-4-6(2)8-9-7(5-11-3)10-12-8/h4H,5H2,1-3H3/b6-4+. The van der Waals surface area contributed by atoms with E-state index in [1.54, 1.807) is 7.11 Å². The summed E-state index contributed by atoms with van der Waals surface area (Å²) in [4.78, 5) is 4.10. The third-order valence-corrected chi connectivity index (χ3v) is 1.51. The van der Waals surface area contributed by atoms with Crippen molar-refractivity contribution in [3.63, 3.8) is 0 Å². The lowest BCUT2D eigenvalue weighted by Gasteiger charge is -1.88. The van der Waals surface area contributed by atoms with Gasteiger partial charge in [-0.25, -0.2) is 0 Å². The van der Waals surface area contributed by atoms with Crippen LogP contribution >= 0.6 is 0 Å². The number of rotatable bonds is 3. The first-order chi connectivity index (χ1) is 5.77. The first kappa shape index (κ1) is 8.93. The Morgan fingerprint density at radius 3 is 3.00 bits per heavy atom. The molecule has 0 spiro atoms. The normalized spacial score (nSPS) is 12.1. The van der Waals surface area contributed by atoms with Gasteiger partial charge in [-0.1, -0.05) is 11.2 Å². The van der Waals surface area contributed by atoms with Crippen LogP contribution in [0.3, 0.4) is 0 Å². The highest BCUT2D eigenvalue weighted by Crippen LogP contribution is 2.10. The van der Waals surface area contributed by atoms with Crippen molar-refractivity contribution in [1.82, 2.24) is 10.1 Å². The Morgan fingerprint density at radius 2 is 2.42 bits per heavy atom. The van der Waals surface area contributed by atoms with E-state index in [4.69, 9.17) is 9.26 Å². The highest BCUT2D eigenvalue weighted by atomic mass is 16.5. The molecule has 0 aliphatic carbocycles. The van der Waals surface area contributed by atoms with Crippen molar-refractivity contribution in [2.24, 2.45) is 0 Å². The quantitative estimate of drug-likeness (QED) is 0.688. The minimum Gasteiger partial charge on any atom is -0.377 e. The maximum absolute atomic E-state index is 4.96. The molecule has 0 unspecified atom stereocenters. The van der Waals surface area contributed by atoms with Crippen LogP contribution in [0.15, 0.2) is 10.6 Å². The Bertz CT molecular complexity index is 278. The van der Waals surface area contributed by atoms with E-state index in [0.29, 0.717) is 18.3 Å². The highest BCUT2D eigenvalue weighted by Gasteiger charge is 2.05. The van der Waals surface area contributed by atoms with Crippen LogP contribution in [0.1, 0.15) is 25.6 Å². The molecule has 1 heterocycles. The molecule has 4 nitrogen and oxygen atoms in total. The summed E-state index contributed by atoms with van der Waals surface area (Å²) >= 11 is 0. The summed E-state index contributed by atoms with van der Waals surface area (Å²) in [5, 5.41) is 3.72. The van der Waals surface area contributed by atoms with Crippen LogP contribution in [-0.2, 0) is 11.3 Å². The fourth-order valence-electron chi connectivity index (χ4n) is 0.725. The van der Waals surface area contributed by atoms with Gasteiger partial charge in [0, 0.05) is 12.7 Å². The lowest BCUT2D eigenvalue weighted by atomic mass is 10.3. The van der Waals surface area contributed by atoms with E-state index in [-0.39, 0.29) is 0 Å². The number of aromatic nitrogens is 2. The molecule has 0 saturated heterocycles. The second-order valence-electron chi connectivity index (χ2n) is 2.42. The fraction of sp³-hybridized carbons (Fsp3) is 0.500. The number of nitrogens with zero attached hydrogens (tertiary/aromatic N) is 2. The van der Waals surface area contributed by atoms with Crippen molar-refractivity contribution in [1.29, 1.82) is 0 Å². The fourth-order valence-corrected chi connectivity index (χ4v) is 0.725. The summed E-state index contributed by atoms with van der Waals surface area (Å²) in [6, 6.07) is 0. The predicted molar refractivity (Wildman–Crippen MR) is 44.3 cm³/mol. The zero-order chi connectivity index (χ0) is 8.97. The van der Waals surface area contributed by atoms with Crippen molar-refractivity contribution >= 4 is 5.57 Å². The van der Waals surface area contributed by atoms with Gasteiger partial charge in [-0.3, -0.25) is 0 Å². The van der Waals surface area contributed by atoms with Gasteiger partial charge in [-0.2, -0.15) is 4.98 Å². The Kier molecular flexibility index (Phi) is 2.99. The minimum absolute atomic E-state index is 0.389. The van der Waals surface area contributed by atoms with Crippen molar-refractivity contribution < 1.29 is 9.26 Å².